The van der Waals surface area contributed by atoms with Crippen LogP contribution in [-0.4, -0.2) is 11.3 Å². The van der Waals surface area contributed by atoms with E-state index in [9.17, 15) is 4.79 Å². The molecule has 0 heterocycles. The monoisotopic (exact) mass is 215 g/mol. The quantitative estimate of drug-likeness (QED) is 0.196. The van der Waals surface area contributed by atoms with Crippen molar-refractivity contribution in [2.45, 2.75) is 4.90 Å². The van der Waals surface area contributed by atoms with E-state index >= 15 is 0 Å². The number of carboxylic acid groups (broad SMARTS) is 1. The zero-order valence-electron chi connectivity index (χ0n) is 7.06. The molecule has 0 saturated carbocycles. The molecule has 6 nitrogen and oxygen atoms in total. The van der Waals surface area contributed by atoms with Crippen LogP contribution < -0.4 is 21.1 Å². The molecule has 0 unspecified atom stereocenters. The van der Waals surface area contributed by atoms with Crippen molar-refractivity contribution in [2.24, 2.45) is 11.0 Å². The Balaban J connectivity index is 3.01. The molecule has 0 spiro atoms. The van der Waals surface area contributed by atoms with Crippen molar-refractivity contribution in [3.63, 3.8) is 0 Å². The number of nitrogens with one attached hydrogen (secondary N) is 1. The number of hydrogen-bond donors (Lipinski definition) is 4. The number of ether oxygens (including phenoxy) is 1. The van der Waals surface area contributed by atoms with Gasteiger partial charge in [0.25, 0.3) is 0 Å². The van der Waals surface area contributed by atoms with E-state index in [1.807, 2.05) is 0 Å². The molecule has 0 fully saturated rings. The van der Waals surface area contributed by atoms with Crippen LogP contribution in [0.1, 0.15) is 0 Å². The van der Waals surface area contributed by atoms with Crippen molar-refractivity contribution in [3.05, 3.63) is 18.2 Å². The first kappa shape index (κ1) is 10.6. The molecule has 0 radical (unpaired) electrons. The van der Waals surface area contributed by atoms with Gasteiger partial charge in [0.15, 0.2) is 5.75 Å². The van der Waals surface area contributed by atoms with Crippen molar-refractivity contribution >= 4 is 23.8 Å². The predicted octanol–water partition coefficient (Wildman–Crippen LogP) is 0.995. The maximum Gasteiger partial charge on any atom is 0.511 e. The van der Waals surface area contributed by atoms with Gasteiger partial charge in [0.2, 0.25) is 0 Å². The van der Waals surface area contributed by atoms with Crippen molar-refractivity contribution in [2.75, 3.05) is 5.43 Å². The molecular weight excluding hydrogens is 206 g/mol. The summed E-state index contributed by atoms with van der Waals surface area (Å²) >= 11 is 0.988. The summed E-state index contributed by atoms with van der Waals surface area (Å²) in [6.45, 7) is 0. The molecule has 76 valence electrons. The van der Waals surface area contributed by atoms with Gasteiger partial charge in [-0.3, -0.25) is 11.0 Å². The third-order valence-corrected chi connectivity index (χ3v) is 1.97. The van der Waals surface area contributed by atoms with E-state index in [0.717, 1.165) is 11.9 Å². The fourth-order valence-electron chi connectivity index (χ4n) is 0.874. The molecule has 14 heavy (non-hydrogen) atoms. The number of rotatable bonds is 3. The Bertz CT molecular complexity index is 345. The van der Waals surface area contributed by atoms with E-state index in [1.54, 1.807) is 12.1 Å². The van der Waals surface area contributed by atoms with Gasteiger partial charge in [-0.2, -0.15) is 0 Å². The highest BCUT2D eigenvalue weighted by Gasteiger charge is 2.07. The summed E-state index contributed by atoms with van der Waals surface area (Å²) in [6.07, 6.45) is -1.40. The van der Waals surface area contributed by atoms with E-state index in [2.05, 4.69) is 10.2 Å². The number of anilines is 1. The lowest BCUT2D eigenvalue weighted by Gasteiger charge is -2.07. The first-order valence-corrected chi connectivity index (χ1v) is 4.43. The molecular formula is C7H9N3O3S. The van der Waals surface area contributed by atoms with E-state index in [-0.39, 0.29) is 5.75 Å². The summed E-state index contributed by atoms with van der Waals surface area (Å²) in [7, 11) is 0. The molecule has 0 aromatic heterocycles. The summed E-state index contributed by atoms with van der Waals surface area (Å²) in [5, 5.41) is 13.7. The first-order chi connectivity index (χ1) is 6.67. The zero-order chi connectivity index (χ0) is 10.6. The molecule has 0 bridgehead atoms. The van der Waals surface area contributed by atoms with Crippen LogP contribution in [0.15, 0.2) is 23.1 Å². The molecule has 1 aromatic rings. The van der Waals surface area contributed by atoms with Gasteiger partial charge in [-0.25, -0.2) is 4.79 Å². The van der Waals surface area contributed by atoms with Crippen LogP contribution in [0.2, 0.25) is 0 Å². The summed E-state index contributed by atoms with van der Waals surface area (Å²) < 4.78 is 4.48. The van der Waals surface area contributed by atoms with E-state index in [1.165, 1.54) is 6.07 Å². The highest BCUT2D eigenvalue weighted by molar-refractivity contribution is 7.97. The Morgan fingerprint density at radius 2 is 2.29 bits per heavy atom. The number of nitrogen functional groups attached to an aromatic ring is 1. The SMILES string of the molecule is NNc1ccc(SN)cc1OC(=O)O. The largest absolute Gasteiger partial charge is 0.511 e. The molecule has 0 atom stereocenters. The van der Waals surface area contributed by atoms with Crippen LogP contribution in [0, 0.1) is 0 Å². The van der Waals surface area contributed by atoms with Crippen LogP contribution in [0.25, 0.3) is 0 Å². The molecule has 6 N–H and O–H groups in total. The molecule has 0 aliphatic carbocycles. The number of nitrogens with two attached hydrogens (primary N) is 2. The molecule has 0 saturated heterocycles. The van der Waals surface area contributed by atoms with Crippen molar-refractivity contribution in [3.8, 4) is 5.75 Å². The summed E-state index contributed by atoms with van der Waals surface area (Å²) in [5.74, 6) is 5.28. The average molecular weight is 215 g/mol. The Hall–Kier alpha value is -1.44. The maximum atomic E-state index is 10.3. The molecule has 0 amide bonds. The second kappa shape index (κ2) is 4.70. The van der Waals surface area contributed by atoms with Gasteiger partial charge in [0.05, 0.1) is 5.69 Å². The Morgan fingerprint density at radius 1 is 1.57 bits per heavy atom. The number of hydrogen-bond acceptors (Lipinski definition) is 6. The summed E-state index contributed by atoms with van der Waals surface area (Å²) in [5.41, 5.74) is 2.69. The standard InChI is InChI=1S/C7H9N3O3S/c8-10-5-2-1-4(14-9)3-6(5)13-7(11)12/h1-3,10H,8-9H2,(H,11,12). The smallest absolute Gasteiger partial charge is 0.449 e. The van der Waals surface area contributed by atoms with Gasteiger partial charge in [0.1, 0.15) is 0 Å². The fraction of sp³-hybridized carbons (Fsp3) is 0. The molecule has 7 heteroatoms. The lowest BCUT2D eigenvalue weighted by Crippen LogP contribution is -2.11. The minimum absolute atomic E-state index is 0.121. The van der Waals surface area contributed by atoms with Crippen LogP contribution in [-0.2, 0) is 0 Å². The molecule has 0 aliphatic rings. The van der Waals surface area contributed by atoms with Gasteiger partial charge in [-0.05, 0) is 30.1 Å². The lowest BCUT2D eigenvalue weighted by atomic mass is 10.3. The fourth-order valence-corrected chi connectivity index (χ4v) is 1.20. The number of carbonyl (C=O) groups is 1. The molecule has 1 rings (SSSR count). The van der Waals surface area contributed by atoms with Crippen molar-refractivity contribution in [1.82, 2.24) is 0 Å². The topological polar surface area (TPSA) is 111 Å². The van der Waals surface area contributed by atoms with E-state index in [0.29, 0.717) is 10.6 Å². The minimum atomic E-state index is -1.40. The van der Waals surface area contributed by atoms with Gasteiger partial charge >= 0.3 is 6.16 Å². The maximum absolute atomic E-state index is 10.3. The van der Waals surface area contributed by atoms with Crippen LogP contribution >= 0.6 is 11.9 Å². The van der Waals surface area contributed by atoms with Crippen molar-refractivity contribution < 1.29 is 14.6 Å². The van der Waals surface area contributed by atoms with Gasteiger partial charge in [-0.15, -0.1) is 0 Å². The predicted molar refractivity (Wildman–Crippen MR) is 52.9 cm³/mol. The normalized spacial score (nSPS) is 9.57. The highest BCUT2D eigenvalue weighted by atomic mass is 32.2. The highest BCUT2D eigenvalue weighted by Crippen LogP contribution is 2.28. The average Bonchev–Trinajstić information content (AvgIpc) is 2.16. The first-order valence-electron chi connectivity index (χ1n) is 3.55. The molecule has 1 aromatic carbocycles. The minimum Gasteiger partial charge on any atom is -0.449 e. The second-order valence-electron chi connectivity index (χ2n) is 2.29. The summed E-state index contributed by atoms with van der Waals surface area (Å²) in [6, 6.07) is 4.75. The van der Waals surface area contributed by atoms with Gasteiger partial charge < -0.3 is 15.3 Å². The van der Waals surface area contributed by atoms with Crippen LogP contribution in [0.4, 0.5) is 10.5 Å². The Labute approximate surface area is 84.3 Å². The zero-order valence-corrected chi connectivity index (χ0v) is 7.88. The second-order valence-corrected chi connectivity index (χ2v) is 3.00. The Kier molecular flexibility index (Phi) is 3.57. The van der Waals surface area contributed by atoms with Gasteiger partial charge in [-0.1, -0.05) is 0 Å². The van der Waals surface area contributed by atoms with Crippen LogP contribution in [0.5, 0.6) is 5.75 Å². The third kappa shape index (κ3) is 2.52. The lowest BCUT2D eigenvalue weighted by molar-refractivity contribution is 0.144. The summed E-state index contributed by atoms with van der Waals surface area (Å²) in [4.78, 5) is 11.0. The van der Waals surface area contributed by atoms with Crippen LogP contribution in [0.3, 0.4) is 0 Å². The van der Waals surface area contributed by atoms with E-state index < -0.39 is 6.16 Å². The molecule has 0 aliphatic heterocycles. The van der Waals surface area contributed by atoms with E-state index in [4.69, 9.17) is 16.1 Å². The number of hydrazine groups is 1. The third-order valence-electron chi connectivity index (χ3n) is 1.44. The van der Waals surface area contributed by atoms with Gasteiger partial charge in [0, 0.05) is 4.90 Å². The van der Waals surface area contributed by atoms with Crippen molar-refractivity contribution in [1.29, 1.82) is 0 Å². The number of benzene rings is 1. The Morgan fingerprint density at radius 3 is 2.79 bits per heavy atom.